The Balaban J connectivity index is 1.90. The summed E-state index contributed by atoms with van der Waals surface area (Å²) in [5.41, 5.74) is 7.86. The number of carbonyl (C=O) groups is 2. The van der Waals surface area contributed by atoms with Gasteiger partial charge in [0.05, 0.1) is 5.92 Å². The van der Waals surface area contributed by atoms with E-state index in [1.807, 2.05) is 25.1 Å². The number of carbonyl (C=O) groups excluding carboxylic acids is 2. The fraction of sp³-hybridized carbons (Fsp3) is 0.222. The maximum atomic E-state index is 12.9. The molecule has 24 heavy (non-hydrogen) atoms. The fourth-order valence-corrected chi connectivity index (χ4v) is 2.29. The molecule has 0 saturated heterocycles. The van der Waals surface area contributed by atoms with Crippen molar-refractivity contribution < 1.29 is 14.0 Å². The zero-order valence-corrected chi connectivity index (χ0v) is 13.4. The van der Waals surface area contributed by atoms with Gasteiger partial charge >= 0.3 is 6.03 Å². The molecule has 5 nitrogen and oxygen atoms in total. The Kier molecular flexibility index (Phi) is 5.89. The maximum Gasteiger partial charge on any atom is 0.319 e. The SMILES string of the molecule is Cc1cccc(NC(=O)NC[C@H](Cc2ccc(F)cc2)C(N)=O)c1. The van der Waals surface area contributed by atoms with Crippen LogP contribution in [0, 0.1) is 18.7 Å². The smallest absolute Gasteiger partial charge is 0.319 e. The van der Waals surface area contributed by atoms with Crippen molar-refractivity contribution in [2.24, 2.45) is 11.7 Å². The average Bonchev–Trinajstić information content (AvgIpc) is 2.53. The van der Waals surface area contributed by atoms with E-state index >= 15 is 0 Å². The van der Waals surface area contributed by atoms with Gasteiger partial charge in [0.1, 0.15) is 5.82 Å². The second-order valence-electron chi connectivity index (χ2n) is 5.63. The van der Waals surface area contributed by atoms with Gasteiger partial charge in [-0.3, -0.25) is 4.79 Å². The van der Waals surface area contributed by atoms with E-state index in [9.17, 15) is 14.0 Å². The number of hydrogen-bond donors (Lipinski definition) is 3. The van der Waals surface area contributed by atoms with E-state index in [0.29, 0.717) is 12.1 Å². The highest BCUT2D eigenvalue weighted by Crippen LogP contribution is 2.11. The number of primary amides is 1. The first-order chi connectivity index (χ1) is 11.4. The highest BCUT2D eigenvalue weighted by molar-refractivity contribution is 5.89. The number of benzene rings is 2. The minimum atomic E-state index is -0.571. The van der Waals surface area contributed by atoms with Gasteiger partial charge in [-0.05, 0) is 48.7 Å². The van der Waals surface area contributed by atoms with E-state index < -0.39 is 17.9 Å². The lowest BCUT2D eigenvalue weighted by atomic mass is 9.98. The van der Waals surface area contributed by atoms with Gasteiger partial charge in [0.15, 0.2) is 0 Å². The molecular weight excluding hydrogens is 309 g/mol. The first-order valence-electron chi connectivity index (χ1n) is 7.59. The van der Waals surface area contributed by atoms with E-state index in [4.69, 9.17) is 5.73 Å². The Morgan fingerprint density at radius 2 is 1.88 bits per heavy atom. The average molecular weight is 329 g/mol. The van der Waals surface area contributed by atoms with Crippen molar-refractivity contribution in [3.05, 3.63) is 65.5 Å². The van der Waals surface area contributed by atoms with Crippen LogP contribution in [0.25, 0.3) is 0 Å². The molecule has 0 spiro atoms. The normalized spacial score (nSPS) is 11.6. The molecular formula is C18H20FN3O2. The predicted octanol–water partition coefficient (Wildman–Crippen LogP) is 2.60. The molecule has 4 N–H and O–H groups in total. The number of hydrogen-bond acceptors (Lipinski definition) is 2. The molecule has 3 amide bonds. The van der Waals surface area contributed by atoms with Crippen LogP contribution in [0.4, 0.5) is 14.9 Å². The highest BCUT2D eigenvalue weighted by atomic mass is 19.1. The Morgan fingerprint density at radius 3 is 2.50 bits per heavy atom. The summed E-state index contributed by atoms with van der Waals surface area (Å²) in [5.74, 6) is -1.43. The number of nitrogens with two attached hydrogens (primary N) is 1. The van der Waals surface area contributed by atoms with Crippen LogP contribution in [0.3, 0.4) is 0 Å². The lowest BCUT2D eigenvalue weighted by Crippen LogP contribution is -2.39. The third-order valence-corrected chi connectivity index (χ3v) is 3.58. The molecule has 2 aromatic carbocycles. The largest absolute Gasteiger partial charge is 0.369 e. The molecule has 0 unspecified atom stereocenters. The van der Waals surface area contributed by atoms with Crippen molar-refractivity contribution >= 4 is 17.6 Å². The van der Waals surface area contributed by atoms with Crippen molar-refractivity contribution in [2.75, 3.05) is 11.9 Å². The van der Waals surface area contributed by atoms with Crippen LogP contribution < -0.4 is 16.4 Å². The summed E-state index contributed by atoms with van der Waals surface area (Å²) in [6, 6.07) is 12.8. The third kappa shape index (κ3) is 5.39. The summed E-state index contributed by atoms with van der Waals surface area (Å²) in [6.07, 6.45) is 0.334. The number of rotatable bonds is 6. The van der Waals surface area contributed by atoms with Gasteiger partial charge in [0.25, 0.3) is 0 Å². The Hall–Kier alpha value is -2.89. The number of urea groups is 1. The first kappa shape index (κ1) is 17.5. The van der Waals surface area contributed by atoms with E-state index in [2.05, 4.69) is 10.6 Å². The maximum absolute atomic E-state index is 12.9. The number of halogens is 1. The number of amides is 3. The molecule has 0 aliphatic carbocycles. The molecule has 0 fully saturated rings. The molecule has 0 aromatic heterocycles. The Labute approximate surface area is 140 Å². The first-order valence-corrected chi connectivity index (χ1v) is 7.59. The molecule has 0 radical (unpaired) electrons. The topological polar surface area (TPSA) is 84.2 Å². The van der Waals surface area contributed by atoms with Crippen LogP contribution in [0.5, 0.6) is 0 Å². The molecule has 0 aliphatic rings. The van der Waals surface area contributed by atoms with Gasteiger partial charge in [-0.2, -0.15) is 0 Å². The molecule has 0 saturated carbocycles. The quantitative estimate of drug-likeness (QED) is 0.761. The van der Waals surface area contributed by atoms with E-state index in [-0.39, 0.29) is 12.4 Å². The van der Waals surface area contributed by atoms with Crippen LogP contribution in [0.2, 0.25) is 0 Å². The lowest BCUT2D eigenvalue weighted by Gasteiger charge is -2.15. The molecule has 6 heteroatoms. The molecule has 0 bridgehead atoms. The second kappa shape index (κ2) is 8.10. The predicted molar refractivity (Wildman–Crippen MR) is 91.0 cm³/mol. The molecule has 2 aromatic rings. The number of anilines is 1. The van der Waals surface area contributed by atoms with Crippen LogP contribution in [-0.4, -0.2) is 18.5 Å². The zero-order valence-electron chi connectivity index (χ0n) is 13.4. The second-order valence-corrected chi connectivity index (χ2v) is 5.63. The summed E-state index contributed by atoms with van der Waals surface area (Å²) in [4.78, 5) is 23.5. The molecule has 126 valence electrons. The van der Waals surface area contributed by atoms with Crippen LogP contribution >= 0.6 is 0 Å². The van der Waals surface area contributed by atoms with Gasteiger partial charge in [-0.1, -0.05) is 24.3 Å². The van der Waals surface area contributed by atoms with E-state index in [1.54, 1.807) is 18.2 Å². The number of aryl methyl sites for hydroxylation is 1. The molecule has 2 rings (SSSR count). The van der Waals surface area contributed by atoms with E-state index in [0.717, 1.165) is 11.1 Å². The zero-order chi connectivity index (χ0) is 17.5. The van der Waals surface area contributed by atoms with Crippen LogP contribution in [0.1, 0.15) is 11.1 Å². The van der Waals surface area contributed by atoms with E-state index in [1.165, 1.54) is 12.1 Å². The fourth-order valence-electron chi connectivity index (χ4n) is 2.29. The van der Waals surface area contributed by atoms with Gasteiger partial charge in [0, 0.05) is 12.2 Å². The summed E-state index contributed by atoms with van der Waals surface area (Å²) >= 11 is 0. The van der Waals surface area contributed by atoms with Crippen molar-refractivity contribution in [3.8, 4) is 0 Å². The Morgan fingerprint density at radius 1 is 1.17 bits per heavy atom. The van der Waals surface area contributed by atoms with Crippen LogP contribution in [-0.2, 0) is 11.2 Å². The summed E-state index contributed by atoms with van der Waals surface area (Å²) in [7, 11) is 0. The minimum Gasteiger partial charge on any atom is -0.369 e. The molecule has 0 aliphatic heterocycles. The van der Waals surface area contributed by atoms with Crippen molar-refractivity contribution in [2.45, 2.75) is 13.3 Å². The highest BCUT2D eigenvalue weighted by Gasteiger charge is 2.17. The lowest BCUT2D eigenvalue weighted by molar-refractivity contribution is -0.121. The van der Waals surface area contributed by atoms with Crippen molar-refractivity contribution in [1.29, 1.82) is 0 Å². The molecule has 1 atom stereocenters. The van der Waals surface area contributed by atoms with Gasteiger partial charge in [0.2, 0.25) is 5.91 Å². The monoisotopic (exact) mass is 329 g/mol. The van der Waals surface area contributed by atoms with Crippen LogP contribution in [0.15, 0.2) is 48.5 Å². The standard InChI is InChI=1S/C18H20FN3O2/c1-12-3-2-4-16(9-12)22-18(24)21-11-14(17(20)23)10-13-5-7-15(19)8-6-13/h2-9,14H,10-11H2,1H3,(H2,20,23)(H2,21,22,24)/t14-/m0/s1. The van der Waals surface area contributed by atoms with Gasteiger partial charge < -0.3 is 16.4 Å². The van der Waals surface area contributed by atoms with Crippen molar-refractivity contribution in [3.63, 3.8) is 0 Å². The van der Waals surface area contributed by atoms with Gasteiger partial charge in [-0.15, -0.1) is 0 Å². The van der Waals surface area contributed by atoms with Crippen molar-refractivity contribution in [1.82, 2.24) is 5.32 Å². The summed E-state index contributed by atoms with van der Waals surface area (Å²) in [6.45, 7) is 2.03. The molecule has 0 heterocycles. The number of nitrogens with one attached hydrogen (secondary N) is 2. The minimum absolute atomic E-state index is 0.102. The third-order valence-electron chi connectivity index (χ3n) is 3.58. The van der Waals surface area contributed by atoms with Gasteiger partial charge in [-0.25, -0.2) is 9.18 Å². The Bertz CT molecular complexity index is 716. The summed E-state index contributed by atoms with van der Waals surface area (Å²) < 4.78 is 12.9. The summed E-state index contributed by atoms with van der Waals surface area (Å²) in [5, 5.41) is 5.34.